The van der Waals surface area contributed by atoms with E-state index in [0.717, 1.165) is 0 Å². The number of hydrogen-bond acceptors (Lipinski definition) is 3. The zero-order valence-corrected chi connectivity index (χ0v) is 8.47. The van der Waals surface area contributed by atoms with Crippen molar-refractivity contribution >= 4 is 5.97 Å². The molecule has 70 valence electrons. The van der Waals surface area contributed by atoms with Gasteiger partial charge in [0.05, 0.1) is 0 Å². The summed E-state index contributed by atoms with van der Waals surface area (Å²) < 4.78 is 4.74. The van der Waals surface area contributed by atoms with E-state index in [1.165, 1.54) is 0 Å². The summed E-state index contributed by atoms with van der Waals surface area (Å²) in [5.74, 6) is -0.341. The third kappa shape index (κ3) is 7.07. The Bertz CT molecular complexity index is 168. The number of nitriles is 1. The van der Waals surface area contributed by atoms with Crippen LogP contribution < -0.4 is 0 Å². The summed E-state index contributed by atoms with van der Waals surface area (Å²) in [6.07, 6.45) is 0.311. The van der Waals surface area contributed by atoms with Crippen LogP contribution in [-0.4, -0.2) is 11.6 Å². The molecule has 0 rings (SSSR count). The molecule has 0 aromatic carbocycles. The van der Waals surface area contributed by atoms with Crippen LogP contribution in [0.3, 0.4) is 0 Å². The predicted octanol–water partition coefficient (Wildman–Crippen LogP) is 2.27. The third-order valence-corrected chi connectivity index (χ3v) is 0.927. The van der Waals surface area contributed by atoms with Gasteiger partial charge < -0.3 is 4.74 Å². The maximum atomic E-state index is 10.6. The molecule has 0 spiro atoms. The molecule has 0 aliphatic heterocycles. The van der Waals surface area contributed by atoms with Crippen LogP contribution in [0.2, 0.25) is 0 Å². The molecule has 0 fully saturated rings. The summed E-state index contributed by atoms with van der Waals surface area (Å²) in [6, 6.07) is 1.86. The van der Waals surface area contributed by atoms with Gasteiger partial charge in [0, 0.05) is 6.42 Å². The second-order valence-corrected chi connectivity index (χ2v) is 2.45. The van der Waals surface area contributed by atoms with Gasteiger partial charge in [-0.1, -0.05) is 20.8 Å². The Balaban J connectivity index is 0. The van der Waals surface area contributed by atoms with Crippen LogP contribution >= 0.6 is 0 Å². The molecule has 0 bridgehead atoms. The average Bonchev–Trinajstić information content (AvgIpc) is 2.07. The van der Waals surface area contributed by atoms with Gasteiger partial charge in [0.25, 0.3) is 0 Å². The van der Waals surface area contributed by atoms with Gasteiger partial charge in [-0.15, -0.1) is 0 Å². The third-order valence-electron chi connectivity index (χ3n) is 0.927. The van der Waals surface area contributed by atoms with Crippen LogP contribution in [0.15, 0.2) is 0 Å². The van der Waals surface area contributed by atoms with E-state index >= 15 is 0 Å². The Morgan fingerprint density at radius 1 is 1.50 bits per heavy atom. The fourth-order valence-electron chi connectivity index (χ4n) is 0.380. The topological polar surface area (TPSA) is 50.1 Å². The molecular weight excluding hydrogens is 154 g/mol. The van der Waals surface area contributed by atoms with Crippen molar-refractivity contribution in [1.29, 1.82) is 5.26 Å². The SMILES string of the molecule is CC.CCC(=O)OC(C)(C)C#N. The lowest BCUT2D eigenvalue weighted by Gasteiger charge is -2.15. The van der Waals surface area contributed by atoms with E-state index in [9.17, 15) is 4.79 Å². The number of nitrogens with zero attached hydrogens (tertiary/aromatic N) is 1. The van der Waals surface area contributed by atoms with Crippen LogP contribution in [0.25, 0.3) is 0 Å². The first kappa shape index (κ1) is 13.5. The van der Waals surface area contributed by atoms with Crippen LogP contribution in [0, 0.1) is 11.3 Å². The number of carbonyl (C=O) groups excluding carboxylic acids is 1. The van der Waals surface area contributed by atoms with Crippen molar-refractivity contribution in [2.75, 3.05) is 0 Å². The molecule has 12 heavy (non-hydrogen) atoms. The Morgan fingerprint density at radius 3 is 2.17 bits per heavy atom. The Hall–Kier alpha value is -1.04. The quantitative estimate of drug-likeness (QED) is 0.599. The first-order valence-corrected chi connectivity index (χ1v) is 4.15. The highest BCUT2D eigenvalue weighted by atomic mass is 16.6. The molecule has 0 atom stereocenters. The lowest BCUT2D eigenvalue weighted by atomic mass is 10.2. The van der Waals surface area contributed by atoms with E-state index in [4.69, 9.17) is 10.00 Å². The van der Waals surface area contributed by atoms with Gasteiger partial charge in [-0.2, -0.15) is 5.26 Å². The van der Waals surface area contributed by atoms with E-state index in [1.807, 2.05) is 19.9 Å². The highest BCUT2D eigenvalue weighted by Crippen LogP contribution is 2.07. The van der Waals surface area contributed by atoms with Gasteiger partial charge in [-0.05, 0) is 13.8 Å². The standard InChI is InChI=1S/C7H11NO2.C2H6/c1-4-6(9)10-7(2,3)5-8;1-2/h4H2,1-3H3;1-2H3. The molecule has 0 radical (unpaired) electrons. The Kier molecular flexibility index (Phi) is 7.51. The molecule has 0 aromatic heterocycles. The van der Waals surface area contributed by atoms with E-state index in [-0.39, 0.29) is 5.97 Å². The summed E-state index contributed by atoms with van der Waals surface area (Å²) in [5, 5.41) is 8.41. The van der Waals surface area contributed by atoms with Crippen LogP contribution in [-0.2, 0) is 9.53 Å². The molecule has 0 saturated heterocycles. The first-order chi connectivity index (χ1) is 5.52. The monoisotopic (exact) mass is 171 g/mol. The highest BCUT2D eigenvalue weighted by molar-refractivity contribution is 5.69. The highest BCUT2D eigenvalue weighted by Gasteiger charge is 2.20. The van der Waals surface area contributed by atoms with Crippen LogP contribution in [0.4, 0.5) is 0 Å². The minimum Gasteiger partial charge on any atom is -0.444 e. The lowest BCUT2D eigenvalue weighted by molar-refractivity contribution is -0.151. The number of esters is 1. The summed E-state index contributed by atoms with van der Waals surface area (Å²) >= 11 is 0. The lowest BCUT2D eigenvalue weighted by Crippen LogP contribution is -2.25. The van der Waals surface area contributed by atoms with Crippen molar-refractivity contribution < 1.29 is 9.53 Å². The van der Waals surface area contributed by atoms with Crippen LogP contribution in [0.1, 0.15) is 41.0 Å². The Morgan fingerprint density at radius 2 is 1.92 bits per heavy atom. The number of rotatable bonds is 2. The van der Waals surface area contributed by atoms with Crippen molar-refractivity contribution in [3.8, 4) is 6.07 Å². The maximum absolute atomic E-state index is 10.6. The van der Waals surface area contributed by atoms with Crippen molar-refractivity contribution in [1.82, 2.24) is 0 Å². The average molecular weight is 171 g/mol. The molecule has 0 aliphatic carbocycles. The summed E-state index contributed by atoms with van der Waals surface area (Å²) in [5.41, 5.74) is -0.979. The predicted molar refractivity (Wildman–Crippen MR) is 47.4 cm³/mol. The molecule has 0 unspecified atom stereocenters. The normalized spacial score (nSPS) is 9.00. The molecule has 0 saturated carbocycles. The fourth-order valence-corrected chi connectivity index (χ4v) is 0.380. The zero-order valence-electron chi connectivity index (χ0n) is 8.47. The number of hydrogen-bond donors (Lipinski definition) is 0. The summed E-state index contributed by atoms with van der Waals surface area (Å²) in [4.78, 5) is 10.6. The second kappa shape index (κ2) is 6.66. The van der Waals surface area contributed by atoms with Crippen LogP contribution in [0.5, 0.6) is 0 Å². The van der Waals surface area contributed by atoms with Crippen molar-refractivity contribution in [2.45, 2.75) is 46.6 Å². The van der Waals surface area contributed by atoms with Gasteiger partial charge in [0.1, 0.15) is 6.07 Å². The largest absolute Gasteiger partial charge is 0.444 e. The van der Waals surface area contributed by atoms with Gasteiger partial charge in [0.2, 0.25) is 0 Å². The van der Waals surface area contributed by atoms with E-state index in [0.29, 0.717) is 6.42 Å². The summed E-state index contributed by atoms with van der Waals surface area (Å²) in [6.45, 7) is 8.80. The minimum absolute atomic E-state index is 0.311. The molecular formula is C9H17NO2. The van der Waals surface area contributed by atoms with Crippen molar-refractivity contribution in [2.24, 2.45) is 0 Å². The zero-order chi connectivity index (χ0) is 10.2. The smallest absolute Gasteiger partial charge is 0.307 e. The van der Waals surface area contributed by atoms with E-state index in [2.05, 4.69) is 0 Å². The molecule has 0 heterocycles. The number of ether oxygens (including phenoxy) is 1. The fraction of sp³-hybridized carbons (Fsp3) is 0.778. The van der Waals surface area contributed by atoms with Crippen molar-refractivity contribution in [3.05, 3.63) is 0 Å². The Labute approximate surface area is 74.3 Å². The second-order valence-electron chi connectivity index (χ2n) is 2.45. The minimum atomic E-state index is -0.979. The molecule has 3 heteroatoms. The van der Waals surface area contributed by atoms with Gasteiger partial charge in [-0.25, -0.2) is 0 Å². The number of carbonyl (C=O) groups is 1. The molecule has 0 amide bonds. The van der Waals surface area contributed by atoms with Gasteiger partial charge in [0.15, 0.2) is 5.60 Å². The van der Waals surface area contributed by atoms with Crippen molar-refractivity contribution in [3.63, 3.8) is 0 Å². The molecule has 0 aliphatic rings. The summed E-state index contributed by atoms with van der Waals surface area (Å²) in [7, 11) is 0. The molecule has 3 nitrogen and oxygen atoms in total. The molecule has 0 N–H and O–H groups in total. The van der Waals surface area contributed by atoms with Gasteiger partial charge >= 0.3 is 5.97 Å². The first-order valence-electron chi connectivity index (χ1n) is 4.15. The van der Waals surface area contributed by atoms with E-state index < -0.39 is 5.60 Å². The van der Waals surface area contributed by atoms with E-state index in [1.54, 1.807) is 20.8 Å². The van der Waals surface area contributed by atoms with Gasteiger partial charge in [-0.3, -0.25) is 4.79 Å². The maximum Gasteiger partial charge on any atom is 0.307 e. The molecule has 0 aromatic rings.